The van der Waals surface area contributed by atoms with Gasteiger partial charge >= 0.3 is 17.9 Å². The maximum atomic E-state index is 12.8. The molecular formula is C24H22O6. The van der Waals surface area contributed by atoms with Crippen LogP contribution in [0.25, 0.3) is 11.1 Å². The molecule has 154 valence electrons. The van der Waals surface area contributed by atoms with Crippen molar-refractivity contribution in [1.29, 1.82) is 0 Å². The average molecular weight is 406 g/mol. The van der Waals surface area contributed by atoms with Gasteiger partial charge in [0.05, 0.1) is 12.3 Å². The highest BCUT2D eigenvalue weighted by molar-refractivity contribution is 5.88. The van der Waals surface area contributed by atoms with Crippen molar-refractivity contribution in [3.8, 4) is 11.1 Å². The highest BCUT2D eigenvalue weighted by Crippen LogP contribution is 2.44. The van der Waals surface area contributed by atoms with E-state index in [0.29, 0.717) is 0 Å². The van der Waals surface area contributed by atoms with Crippen LogP contribution in [0.1, 0.15) is 23.5 Å². The Morgan fingerprint density at radius 2 is 1.67 bits per heavy atom. The van der Waals surface area contributed by atoms with Crippen LogP contribution in [0.3, 0.4) is 0 Å². The van der Waals surface area contributed by atoms with Gasteiger partial charge in [0, 0.05) is 5.92 Å². The summed E-state index contributed by atoms with van der Waals surface area (Å²) in [6, 6.07) is 16.1. The molecule has 2 aromatic carbocycles. The van der Waals surface area contributed by atoms with E-state index in [2.05, 4.69) is 18.7 Å². The van der Waals surface area contributed by atoms with Crippen molar-refractivity contribution in [2.75, 3.05) is 19.8 Å². The third-order valence-corrected chi connectivity index (χ3v) is 5.60. The van der Waals surface area contributed by atoms with Crippen molar-refractivity contribution in [2.45, 2.75) is 12.3 Å². The van der Waals surface area contributed by atoms with Crippen molar-refractivity contribution < 1.29 is 28.6 Å². The summed E-state index contributed by atoms with van der Waals surface area (Å²) in [5, 5.41) is 0. The molecule has 0 bridgehead atoms. The van der Waals surface area contributed by atoms with E-state index < -0.39 is 29.7 Å². The van der Waals surface area contributed by atoms with Crippen molar-refractivity contribution in [3.63, 3.8) is 0 Å². The SMILES string of the molecule is C=CCOC(=O)C[C@@H]1C(=O)OCC1C(=O)OCC1c2ccccc2-c2ccccc21. The Labute approximate surface area is 174 Å². The Hall–Kier alpha value is -3.41. The van der Waals surface area contributed by atoms with Gasteiger partial charge in [-0.25, -0.2) is 0 Å². The van der Waals surface area contributed by atoms with Gasteiger partial charge in [0.2, 0.25) is 0 Å². The third-order valence-electron chi connectivity index (χ3n) is 5.60. The molecule has 0 amide bonds. The molecule has 30 heavy (non-hydrogen) atoms. The Morgan fingerprint density at radius 1 is 1.03 bits per heavy atom. The molecule has 0 spiro atoms. The van der Waals surface area contributed by atoms with Crippen LogP contribution in [0.2, 0.25) is 0 Å². The fourth-order valence-electron chi connectivity index (χ4n) is 4.12. The summed E-state index contributed by atoms with van der Waals surface area (Å²) in [5.41, 5.74) is 4.48. The normalized spacial score (nSPS) is 19.5. The predicted octanol–water partition coefficient (Wildman–Crippen LogP) is 3.25. The minimum Gasteiger partial charge on any atom is -0.464 e. The molecule has 1 aliphatic carbocycles. The Balaban J connectivity index is 1.45. The molecule has 1 heterocycles. The second kappa shape index (κ2) is 8.53. The van der Waals surface area contributed by atoms with Crippen molar-refractivity contribution in [3.05, 3.63) is 72.3 Å². The zero-order valence-corrected chi connectivity index (χ0v) is 16.4. The molecule has 6 heteroatoms. The predicted molar refractivity (Wildman–Crippen MR) is 108 cm³/mol. The molecule has 6 nitrogen and oxygen atoms in total. The number of benzene rings is 2. The second-order valence-corrected chi connectivity index (χ2v) is 7.38. The summed E-state index contributed by atoms with van der Waals surface area (Å²) < 4.78 is 15.6. The van der Waals surface area contributed by atoms with E-state index in [9.17, 15) is 14.4 Å². The van der Waals surface area contributed by atoms with Crippen molar-refractivity contribution in [1.82, 2.24) is 0 Å². The zero-order valence-electron chi connectivity index (χ0n) is 16.4. The second-order valence-electron chi connectivity index (χ2n) is 7.38. The molecule has 0 aromatic heterocycles. The van der Waals surface area contributed by atoms with Gasteiger partial charge in [0.1, 0.15) is 25.7 Å². The van der Waals surface area contributed by atoms with E-state index in [-0.39, 0.29) is 32.2 Å². The van der Waals surface area contributed by atoms with E-state index >= 15 is 0 Å². The maximum Gasteiger partial charge on any atom is 0.313 e. The molecule has 2 aromatic rings. The fourth-order valence-corrected chi connectivity index (χ4v) is 4.12. The quantitative estimate of drug-likeness (QED) is 0.399. The van der Waals surface area contributed by atoms with E-state index in [1.54, 1.807) is 0 Å². The number of hydrogen-bond donors (Lipinski definition) is 0. The first kappa shape index (κ1) is 19.9. The molecule has 2 atom stereocenters. The van der Waals surface area contributed by atoms with E-state index in [4.69, 9.17) is 14.2 Å². The molecule has 4 rings (SSSR count). The smallest absolute Gasteiger partial charge is 0.313 e. The van der Waals surface area contributed by atoms with Crippen LogP contribution in [0, 0.1) is 11.8 Å². The lowest BCUT2D eigenvalue weighted by Gasteiger charge is -2.17. The summed E-state index contributed by atoms with van der Waals surface area (Å²) in [7, 11) is 0. The lowest BCUT2D eigenvalue weighted by atomic mass is 9.92. The highest BCUT2D eigenvalue weighted by atomic mass is 16.6. The van der Waals surface area contributed by atoms with Gasteiger partial charge in [0.25, 0.3) is 0 Å². The monoisotopic (exact) mass is 406 g/mol. The molecule has 0 radical (unpaired) electrons. The van der Waals surface area contributed by atoms with Crippen LogP contribution in [0.15, 0.2) is 61.2 Å². The molecule has 1 fully saturated rings. The molecule has 2 aliphatic rings. The number of cyclic esters (lactones) is 1. The number of carbonyl (C=O) groups is 3. The first-order valence-electron chi connectivity index (χ1n) is 9.88. The molecule has 0 N–H and O–H groups in total. The number of rotatable bonds is 7. The Kier molecular flexibility index (Phi) is 5.65. The van der Waals surface area contributed by atoms with Gasteiger partial charge in [-0.1, -0.05) is 61.2 Å². The molecular weight excluding hydrogens is 384 g/mol. The summed E-state index contributed by atoms with van der Waals surface area (Å²) in [6.45, 7) is 3.60. The van der Waals surface area contributed by atoms with Gasteiger partial charge < -0.3 is 14.2 Å². The topological polar surface area (TPSA) is 78.9 Å². The third kappa shape index (κ3) is 3.73. The van der Waals surface area contributed by atoms with Crippen LogP contribution in [-0.2, 0) is 28.6 Å². The first-order valence-corrected chi connectivity index (χ1v) is 9.88. The van der Waals surface area contributed by atoms with Crippen LogP contribution >= 0.6 is 0 Å². The standard InChI is InChI=1S/C24H22O6/c1-2-11-28-22(25)12-19-21(14-30-23(19)26)24(27)29-13-20-17-9-5-3-7-15(17)16-8-4-6-10-18(16)20/h2-10,19-21H,1,11-14H2/t19-,21?/m0/s1. The van der Waals surface area contributed by atoms with Gasteiger partial charge in [-0.2, -0.15) is 0 Å². The van der Waals surface area contributed by atoms with Crippen LogP contribution in [0.4, 0.5) is 0 Å². The van der Waals surface area contributed by atoms with Gasteiger partial charge in [0.15, 0.2) is 0 Å². The van der Waals surface area contributed by atoms with E-state index in [1.165, 1.54) is 6.08 Å². The van der Waals surface area contributed by atoms with Gasteiger partial charge in [-0.05, 0) is 22.3 Å². The number of carbonyl (C=O) groups excluding carboxylic acids is 3. The average Bonchev–Trinajstić information content (AvgIpc) is 3.28. The number of fused-ring (bicyclic) bond motifs is 3. The zero-order chi connectivity index (χ0) is 21.1. The number of hydrogen-bond acceptors (Lipinski definition) is 6. The minimum atomic E-state index is -0.891. The van der Waals surface area contributed by atoms with Gasteiger partial charge in [-0.3, -0.25) is 14.4 Å². The van der Waals surface area contributed by atoms with E-state index in [0.717, 1.165) is 22.3 Å². The number of ether oxygens (including phenoxy) is 3. The van der Waals surface area contributed by atoms with Crippen LogP contribution in [0.5, 0.6) is 0 Å². The van der Waals surface area contributed by atoms with Crippen molar-refractivity contribution in [2.24, 2.45) is 11.8 Å². The van der Waals surface area contributed by atoms with Gasteiger partial charge in [-0.15, -0.1) is 0 Å². The molecule has 1 unspecified atom stereocenters. The lowest BCUT2D eigenvalue weighted by Crippen LogP contribution is -2.29. The summed E-state index contributed by atoms with van der Waals surface area (Å²) in [5.74, 6) is -3.47. The van der Waals surface area contributed by atoms with E-state index in [1.807, 2.05) is 36.4 Å². The Morgan fingerprint density at radius 3 is 2.30 bits per heavy atom. The maximum absolute atomic E-state index is 12.8. The van der Waals surface area contributed by atoms with Crippen LogP contribution in [-0.4, -0.2) is 37.7 Å². The first-order chi connectivity index (χ1) is 14.6. The fraction of sp³-hybridized carbons (Fsp3) is 0.292. The Bertz CT molecular complexity index is 949. The largest absolute Gasteiger partial charge is 0.464 e. The minimum absolute atomic E-state index is 0.0518. The molecule has 1 aliphatic heterocycles. The summed E-state index contributed by atoms with van der Waals surface area (Å²) >= 11 is 0. The number of esters is 3. The molecule has 1 saturated heterocycles. The lowest BCUT2D eigenvalue weighted by molar-refractivity contribution is -0.153. The summed E-state index contributed by atoms with van der Waals surface area (Å²) in [4.78, 5) is 36.7. The van der Waals surface area contributed by atoms with Crippen LogP contribution < -0.4 is 0 Å². The van der Waals surface area contributed by atoms with Crippen molar-refractivity contribution >= 4 is 17.9 Å². The summed E-state index contributed by atoms with van der Waals surface area (Å²) in [6.07, 6.45) is 1.22. The molecule has 0 saturated carbocycles. The highest BCUT2D eigenvalue weighted by Gasteiger charge is 2.44.